The normalized spacial score (nSPS) is 12.0. The molecular weight excluding hydrogens is 321 g/mol. The van der Waals surface area contributed by atoms with E-state index in [9.17, 15) is 14.0 Å². The summed E-state index contributed by atoms with van der Waals surface area (Å²) in [6.45, 7) is 6.78. The third-order valence-electron chi connectivity index (χ3n) is 4.23. The number of hydrogen-bond donors (Lipinski definition) is 0. The van der Waals surface area contributed by atoms with Crippen molar-refractivity contribution in [3.05, 3.63) is 63.8 Å². The van der Waals surface area contributed by atoms with E-state index in [1.54, 1.807) is 17.0 Å². The molecule has 0 saturated carbocycles. The molecular formula is C19H24FN3O2. The van der Waals surface area contributed by atoms with E-state index < -0.39 is 0 Å². The lowest BCUT2D eigenvalue weighted by molar-refractivity contribution is 0.0693. The molecule has 0 radical (unpaired) electrons. The van der Waals surface area contributed by atoms with Crippen LogP contribution in [-0.2, 0) is 6.54 Å². The van der Waals surface area contributed by atoms with Gasteiger partial charge in [-0.05, 0) is 44.0 Å². The molecule has 5 nitrogen and oxygen atoms in total. The van der Waals surface area contributed by atoms with Gasteiger partial charge in [-0.25, -0.2) is 9.07 Å². The fourth-order valence-electron chi connectivity index (χ4n) is 2.69. The second kappa shape index (κ2) is 8.55. The Kier molecular flexibility index (Phi) is 6.44. The Morgan fingerprint density at radius 3 is 2.48 bits per heavy atom. The SMILES string of the molecule is CCCCn1nc(C(=O)N(CC)[C@@H](C)c2ccc(F)cc2)ccc1=O. The van der Waals surface area contributed by atoms with Gasteiger partial charge in [0.1, 0.15) is 11.5 Å². The maximum absolute atomic E-state index is 13.1. The Morgan fingerprint density at radius 2 is 1.88 bits per heavy atom. The van der Waals surface area contributed by atoms with E-state index in [4.69, 9.17) is 0 Å². The average molecular weight is 345 g/mol. The van der Waals surface area contributed by atoms with E-state index in [2.05, 4.69) is 5.10 Å². The molecule has 0 spiro atoms. The molecule has 1 heterocycles. The lowest BCUT2D eigenvalue weighted by Crippen LogP contribution is -2.35. The van der Waals surface area contributed by atoms with Crippen molar-refractivity contribution < 1.29 is 9.18 Å². The van der Waals surface area contributed by atoms with Gasteiger partial charge >= 0.3 is 0 Å². The van der Waals surface area contributed by atoms with E-state index in [1.165, 1.54) is 28.9 Å². The lowest BCUT2D eigenvalue weighted by Gasteiger charge is -2.28. The Bertz CT molecular complexity index is 771. The Hall–Kier alpha value is -2.50. The van der Waals surface area contributed by atoms with Crippen molar-refractivity contribution in [2.24, 2.45) is 0 Å². The van der Waals surface area contributed by atoms with Crippen LogP contribution in [0.2, 0.25) is 0 Å². The molecule has 0 saturated heterocycles. The van der Waals surface area contributed by atoms with Gasteiger partial charge in [-0.15, -0.1) is 0 Å². The van der Waals surface area contributed by atoms with Gasteiger partial charge in [-0.3, -0.25) is 9.59 Å². The summed E-state index contributed by atoms with van der Waals surface area (Å²) in [5.74, 6) is -0.556. The zero-order valence-corrected chi connectivity index (χ0v) is 14.9. The van der Waals surface area contributed by atoms with E-state index >= 15 is 0 Å². The summed E-state index contributed by atoms with van der Waals surface area (Å²) in [6, 6.07) is 8.73. The third kappa shape index (κ3) is 4.53. The molecule has 0 unspecified atom stereocenters. The van der Waals surface area contributed by atoms with Crippen molar-refractivity contribution in [3.63, 3.8) is 0 Å². The highest BCUT2D eigenvalue weighted by Gasteiger charge is 2.23. The summed E-state index contributed by atoms with van der Waals surface area (Å²) in [5, 5.41) is 4.22. The standard InChI is InChI=1S/C19H24FN3O2/c1-4-6-13-23-18(24)12-11-17(21-23)19(25)22(5-2)14(3)15-7-9-16(20)10-8-15/h7-12,14H,4-6,13H2,1-3H3/t14-/m0/s1. The topological polar surface area (TPSA) is 55.2 Å². The fraction of sp³-hybridized carbons (Fsp3) is 0.421. The molecule has 0 N–H and O–H groups in total. The number of carbonyl (C=O) groups excluding carboxylic acids is 1. The number of rotatable bonds is 7. The fourth-order valence-corrected chi connectivity index (χ4v) is 2.69. The highest BCUT2D eigenvalue weighted by molar-refractivity contribution is 5.92. The molecule has 1 aromatic carbocycles. The molecule has 0 fully saturated rings. The number of halogens is 1. The first kappa shape index (κ1) is 18.8. The van der Waals surface area contributed by atoms with E-state index in [-0.39, 0.29) is 29.0 Å². The Labute approximate surface area is 147 Å². The molecule has 0 bridgehead atoms. The molecule has 2 aromatic rings. The van der Waals surface area contributed by atoms with Crippen molar-refractivity contribution in [1.82, 2.24) is 14.7 Å². The van der Waals surface area contributed by atoms with Gasteiger partial charge in [0.05, 0.1) is 6.04 Å². The van der Waals surface area contributed by atoms with Gasteiger partial charge < -0.3 is 4.90 Å². The van der Waals surface area contributed by atoms with Crippen LogP contribution in [0.1, 0.15) is 55.7 Å². The van der Waals surface area contributed by atoms with Crippen molar-refractivity contribution in [2.75, 3.05) is 6.54 Å². The van der Waals surface area contributed by atoms with Crippen molar-refractivity contribution in [3.8, 4) is 0 Å². The molecule has 6 heteroatoms. The molecule has 0 aliphatic heterocycles. The van der Waals surface area contributed by atoms with Crippen LogP contribution in [-0.4, -0.2) is 27.1 Å². The third-order valence-corrected chi connectivity index (χ3v) is 4.23. The molecule has 1 amide bonds. The maximum Gasteiger partial charge on any atom is 0.274 e. The first-order valence-corrected chi connectivity index (χ1v) is 8.62. The molecule has 1 aromatic heterocycles. The largest absolute Gasteiger partial charge is 0.331 e. The Balaban J connectivity index is 2.27. The Morgan fingerprint density at radius 1 is 1.20 bits per heavy atom. The highest BCUT2D eigenvalue weighted by atomic mass is 19.1. The number of hydrogen-bond acceptors (Lipinski definition) is 3. The predicted molar refractivity (Wildman–Crippen MR) is 94.9 cm³/mol. The van der Waals surface area contributed by atoms with Gasteiger partial charge in [0.25, 0.3) is 11.5 Å². The van der Waals surface area contributed by atoms with Crippen LogP contribution in [0.4, 0.5) is 4.39 Å². The predicted octanol–water partition coefficient (Wildman–Crippen LogP) is 3.41. The van der Waals surface area contributed by atoms with Crippen LogP contribution in [0.15, 0.2) is 41.2 Å². The molecule has 2 rings (SSSR count). The first-order chi connectivity index (χ1) is 12.0. The van der Waals surface area contributed by atoms with Gasteiger partial charge in [-0.1, -0.05) is 25.5 Å². The van der Waals surface area contributed by atoms with Crippen LogP contribution in [0, 0.1) is 5.82 Å². The number of unbranched alkanes of at least 4 members (excludes halogenated alkanes) is 1. The van der Waals surface area contributed by atoms with E-state index in [0.29, 0.717) is 13.1 Å². The zero-order valence-electron chi connectivity index (χ0n) is 14.9. The van der Waals surface area contributed by atoms with Crippen molar-refractivity contribution >= 4 is 5.91 Å². The minimum Gasteiger partial charge on any atom is -0.331 e. The monoisotopic (exact) mass is 345 g/mol. The number of aryl methyl sites for hydroxylation is 1. The van der Waals surface area contributed by atoms with Crippen molar-refractivity contribution in [2.45, 2.75) is 46.2 Å². The van der Waals surface area contributed by atoms with Crippen LogP contribution < -0.4 is 5.56 Å². The van der Waals surface area contributed by atoms with Crippen LogP contribution in [0.5, 0.6) is 0 Å². The van der Waals surface area contributed by atoms with Gasteiger partial charge in [0, 0.05) is 19.2 Å². The second-order valence-corrected chi connectivity index (χ2v) is 5.95. The first-order valence-electron chi connectivity index (χ1n) is 8.62. The average Bonchev–Trinajstić information content (AvgIpc) is 2.62. The summed E-state index contributed by atoms with van der Waals surface area (Å²) in [7, 11) is 0. The van der Waals surface area contributed by atoms with Gasteiger partial charge in [0.2, 0.25) is 0 Å². The smallest absolute Gasteiger partial charge is 0.274 e. The zero-order chi connectivity index (χ0) is 18.4. The molecule has 0 aliphatic rings. The number of benzene rings is 1. The minimum absolute atomic E-state index is 0.209. The maximum atomic E-state index is 13.1. The second-order valence-electron chi connectivity index (χ2n) is 5.95. The van der Waals surface area contributed by atoms with Gasteiger partial charge in [-0.2, -0.15) is 5.10 Å². The minimum atomic E-state index is -0.310. The van der Waals surface area contributed by atoms with Crippen LogP contribution >= 0.6 is 0 Å². The number of aromatic nitrogens is 2. The quantitative estimate of drug-likeness (QED) is 0.773. The molecule has 134 valence electrons. The molecule has 0 aliphatic carbocycles. The molecule has 1 atom stereocenters. The summed E-state index contributed by atoms with van der Waals surface area (Å²) in [5.41, 5.74) is 0.877. The number of carbonyl (C=O) groups is 1. The highest BCUT2D eigenvalue weighted by Crippen LogP contribution is 2.21. The summed E-state index contributed by atoms with van der Waals surface area (Å²) in [4.78, 5) is 26.4. The van der Waals surface area contributed by atoms with Crippen molar-refractivity contribution in [1.29, 1.82) is 0 Å². The summed E-state index contributed by atoms with van der Waals surface area (Å²) in [6.07, 6.45) is 1.77. The van der Waals surface area contributed by atoms with E-state index in [1.807, 2.05) is 20.8 Å². The lowest BCUT2D eigenvalue weighted by atomic mass is 10.1. The number of nitrogens with zero attached hydrogens (tertiary/aromatic N) is 3. The number of amides is 1. The van der Waals surface area contributed by atoms with E-state index in [0.717, 1.165) is 18.4 Å². The molecule has 25 heavy (non-hydrogen) atoms. The summed E-state index contributed by atoms with van der Waals surface area (Å²) >= 11 is 0. The van der Waals surface area contributed by atoms with Gasteiger partial charge in [0.15, 0.2) is 0 Å². The van der Waals surface area contributed by atoms with Crippen LogP contribution in [0.3, 0.4) is 0 Å². The van der Waals surface area contributed by atoms with Crippen LogP contribution in [0.25, 0.3) is 0 Å². The summed E-state index contributed by atoms with van der Waals surface area (Å²) < 4.78 is 14.5.